The number of aromatic nitrogens is 1. The number of ether oxygens (including phenoxy) is 1. The van der Waals surface area contributed by atoms with Crippen LogP contribution in [0.4, 0.5) is 0 Å². The third kappa shape index (κ3) is 3.19. The van der Waals surface area contributed by atoms with Gasteiger partial charge in [-0.15, -0.1) is 0 Å². The van der Waals surface area contributed by atoms with E-state index in [4.69, 9.17) is 10.5 Å². The first kappa shape index (κ1) is 13.7. The number of pyridine rings is 1. The molecule has 0 radical (unpaired) electrons. The number of rotatable bonds is 6. The average Bonchev–Trinajstić information content (AvgIpc) is 2.49. The van der Waals surface area contributed by atoms with Crippen LogP contribution in [0.5, 0.6) is 0 Å². The van der Waals surface area contributed by atoms with Gasteiger partial charge in [-0.25, -0.2) is 0 Å². The summed E-state index contributed by atoms with van der Waals surface area (Å²) in [7, 11) is 1.71. The Hall–Kier alpha value is -1.71. The van der Waals surface area contributed by atoms with E-state index in [0.717, 1.165) is 24.1 Å². The molecule has 1 atom stereocenters. The van der Waals surface area contributed by atoms with Crippen molar-refractivity contribution in [1.29, 1.82) is 0 Å². The zero-order valence-corrected chi connectivity index (χ0v) is 11.3. The van der Waals surface area contributed by atoms with Crippen LogP contribution in [0.15, 0.2) is 54.7 Å². The van der Waals surface area contributed by atoms with E-state index in [1.807, 2.05) is 36.4 Å². The van der Waals surface area contributed by atoms with Gasteiger partial charge in [0.15, 0.2) is 0 Å². The Bertz CT molecular complexity index is 445. The maximum absolute atomic E-state index is 6.66. The lowest BCUT2D eigenvalue weighted by Crippen LogP contribution is -2.39. The lowest BCUT2D eigenvalue weighted by atomic mass is 9.83. The van der Waals surface area contributed by atoms with Gasteiger partial charge in [0.25, 0.3) is 0 Å². The zero-order valence-electron chi connectivity index (χ0n) is 11.3. The van der Waals surface area contributed by atoms with E-state index in [1.165, 1.54) is 0 Å². The van der Waals surface area contributed by atoms with E-state index in [0.29, 0.717) is 6.61 Å². The highest BCUT2D eigenvalue weighted by molar-refractivity contribution is 5.33. The van der Waals surface area contributed by atoms with E-state index in [9.17, 15) is 0 Å². The number of methoxy groups -OCH3 is 1. The lowest BCUT2D eigenvalue weighted by molar-refractivity contribution is 0.186. The van der Waals surface area contributed by atoms with Gasteiger partial charge in [0.2, 0.25) is 0 Å². The molecular formula is C16H20N2O. The molecular weight excluding hydrogens is 236 g/mol. The summed E-state index contributed by atoms with van der Waals surface area (Å²) in [5.74, 6) is 0. The summed E-state index contributed by atoms with van der Waals surface area (Å²) in [4.78, 5) is 4.44. The summed E-state index contributed by atoms with van der Waals surface area (Å²) in [6, 6.07) is 16.0. The molecule has 3 heteroatoms. The van der Waals surface area contributed by atoms with Gasteiger partial charge in [-0.3, -0.25) is 4.98 Å². The molecule has 0 aliphatic carbocycles. The van der Waals surface area contributed by atoms with Gasteiger partial charge in [-0.2, -0.15) is 0 Å². The molecule has 1 heterocycles. The fourth-order valence-electron chi connectivity index (χ4n) is 2.28. The molecule has 100 valence electrons. The van der Waals surface area contributed by atoms with Crippen molar-refractivity contribution in [2.24, 2.45) is 5.73 Å². The van der Waals surface area contributed by atoms with Gasteiger partial charge in [0.05, 0.1) is 11.2 Å². The topological polar surface area (TPSA) is 48.1 Å². The third-order valence-corrected chi connectivity index (χ3v) is 3.33. The van der Waals surface area contributed by atoms with E-state index in [2.05, 4.69) is 17.1 Å². The predicted molar refractivity (Wildman–Crippen MR) is 76.8 cm³/mol. The molecule has 1 unspecified atom stereocenters. The van der Waals surface area contributed by atoms with Crippen LogP contribution in [-0.2, 0) is 10.3 Å². The first-order valence-corrected chi connectivity index (χ1v) is 6.52. The van der Waals surface area contributed by atoms with Crippen LogP contribution in [0, 0.1) is 0 Å². The number of hydrogen-bond donors (Lipinski definition) is 1. The first-order chi connectivity index (χ1) is 9.27. The third-order valence-electron chi connectivity index (χ3n) is 3.33. The van der Waals surface area contributed by atoms with Gasteiger partial charge < -0.3 is 10.5 Å². The van der Waals surface area contributed by atoms with E-state index < -0.39 is 5.54 Å². The number of nitrogens with two attached hydrogens (primary N) is 1. The summed E-state index contributed by atoms with van der Waals surface area (Å²) in [5, 5.41) is 0. The van der Waals surface area contributed by atoms with E-state index in [-0.39, 0.29) is 0 Å². The lowest BCUT2D eigenvalue weighted by Gasteiger charge is -2.29. The molecule has 2 rings (SSSR count). The van der Waals surface area contributed by atoms with E-state index >= 15 is 0 Å². The van der Waals surface area contributed by atoms with Crippen molar-refractivity contribution >= 4 is 0 Å². The van der Waals surface area contributed by atoms with Crippen molar-refractivity contribution < 1.29 is 4.74 Å². The van der Waals surface area contributed by atoms with Crippen LogP contribution >= 0.6 is 0 Å². The summed E-state index contributed by atoms with van der Waals surface area (Å²) >= 11 is 0. The maximum atomic E-state index is 6.66. The smallest absolute Gasteiger partial charge is 0.0839 e. The van der Waals surface area contributed by atoms with Crippen molar-refractivity contribution in [3.05, 3.63) is 66.0 Å². The van der Waals surface area contributed by atoms with Gasteiger partial charge in [0, 0.05) is 19.9 Å². The SMILES string of the molecule is COCCCC(N)(c1ccccc1)c1ccccn1. The molecule has 0 aliphatic heterocycles. The zero-order chi connectivity index (χ0) is 13.6. The molecule has 0 saturated carbocycles. The highest BCUT2D eigenvalue weighted by Crippen LogP contribution is 2.30. The van der Waals surface area contributed by atoms with Crippen molar-refractivity contribution in [2.45, 2.75) is 18.4 Å². The predicted octanol–water partition coefficient (Wildman–Crippen LogP) is 2.71. The average molecular weight is 256 g/mol. The largest absolute Gasteiger partial charge is 0.385 e. The van der Waals surface area contributed by atoms with Gasteiger partial charge in [-0.05, 0) is 30.5 Å². The number of nitrogens with zero attached hydrogens (tertiary/aromatic N) is 1. The molecule has 19 heavy (non-hydrogen) atoms. The number of hydrogen-bond acceptors (Lipinski definition) is 3. The maximum Gasteiger partial charge on any atom is 0.0839 e. The highest BCUT2D eigenvalue weighted by Gasteiger charge is 2.30. The second-order valence-corrected chi connectivity index (χ2v) is 4.65. The van der Waals surface area contributed by atoms with Crippen molar-refractivity contribution in [2.75, 3.05) is 13.7 Å². The molecule has 2 N–H and O–H groups in total. The Balaban J connectivity index is 2.33. The fraction of sp³-hybridized carbons (Fsp3) is 0.312. The summed E-state index contributed by atoms with van der Waals surface area (Å²) in [5.41, 5.74) is 8.10. The number of benzene rings is 1. The van der Waals surface area contributed by atoms with Crippen molar-refractivity contribution in [3.8, 4) is 0 Å². The molecule has 1 aromatic heterocycles. The Morgan fingerprint density at radius 2 is 1.84 bits per heavy atom. The minimum Gasteiger partial charge on any atom is -0.385 e. The standard InChI is InChI=1S/C16H20N2O/c1-19-13-7-11-16(17,14-8-3-2-4-9-14)15-10-5-6-12-18-15/h2-6,8-10,12H,7,11,13,17H2,1H3. The second-order valence-electron chi connectivity index (χ2n) is 4.65. The van der Waals surface area contributed by atoms with Gasteiger partial charge in [0.1, 0.15) is 0 Å². The van der Waals surface area contributed by atoms with Crippen LogP contribution in [0.1, 0.15) is 24.1 Å². The molecule has 0 amide bonds. The molecule has 0 bridgehead atoms. The van der Waals surface area contributed by atoms with Crippen molar-refractivity contribution in [1.82, 2.24) is 4.98 Å². The van der Waals surface area contributed by atoms with Crippen molar-refractivity contribution in [3.63, 3.8) is 0 Å². The van der Waals surface area contributed by atoms with Crippen LogP contribution in [-0.4, -0.2) is 18.7 Å². The van der Waals surface area contributed by atoms with Crippen LogP contribution in [0.3, 0.4) is 0 Å². The van der Waals surface area contributed by atoms with Gasteiger partial charge in [-0.1, -0.05) is 36.4 Å². The van der Waals surface area contributed by atoms with Crippen LogP contribution in [0.2, 0.25) is 0 Å². The monoisotopic (exact) mass is 256 g/mol. The Kier molecular flexibility index (Phi) is 4.66. The first-order valence-electron chi connectivity index (χ1n) is 6.52. The van der Waals surface area contributed by atoms with E-state index in [1.54, 1.807) is 13.3 Å². The molecule has 0 spiro atoms. The summed E-state index contributed by atoms with van der Waals surface area (Å²) in [6.45, 7) is 0.707. The van der Waals surface area contributed by atoms with Gasteiger partial charge >= 0.3 is 0 Å². The quantitative estimate of drug-likeness (QED) is 0.808. The Labute approximate surface area is 114 Å². The summed E-state index contributed by atoms with van der Waals surface area (Å²) < 4.78 is 5.13. The minimum absolute atomic E-state index is 0.555. The molecule has 1 aromatic carbocycles. The second kappa shape index (κ2) is 6.45. The molecule has 0 saturated heterocycles. The minimum atomic E-state index is -0.555. The Morgan fingerprint density at radius 1 is 1.11 bits per heavy atom. The van der Waals surface area contributed by atoms with Crippen LogP contribution in [0.25, 0.3) is 0 Å². The highest BCUT2D eigenvalue weighted by atomic mass is 16.5. The fourth-order valence-corrected chi connectivity index (χ4v) is 2.28. The normalized spacial score (nSPS) is 14.0. The summed E-state index contributed by atoms with van der Waals surface area (Å²) in [6.07, 6.45) is 3.50. The molecule has 0 aliphatic rings. The molecule has 2 aromatic rings. The Morgan fingerprint density at radius 3 is 2.47 bits per heavy atom. The molecule has 0 fully saturated rings. The van der Waals surface area contributed by atoms with Crippen LogP contribution < -0.4 is 5.73 Å². The molecule has 3 nitrogen and oxygen atoms in total.